The molecule has 0 fully saturated rings. The lowest BCUT2D eigenvalue weighted by atomic mass is 10.1. The Morgan fingerprint density at radius 2 is 2.12 bits per heavy atom. The van der Waals surface area contributed by atoms with E-state index in [1.165, 1.54) is 5.56 Å². The number of nitrogens with zero attached hydrogens (tertiary/aromatic N) is 5. The number of rotatable bonds is 4. The molecule has 0 unspecified atom stereocenters. The fourth-order valence-electron chi connectivity index (χ4n) is 3.52. The third-order valence-electron chi connectivity index (χ3n) is 4.83. The molecule has 0 spiro atoms. The van der Waals surface area contributed by atoms with Gasteiger partial charge >= 0.3 is 0 Å². The minimum Gasteiger partial charge on any atom is -0.380 e. The van der Waals surface area contributed by atoms with E-state index >= 15 is 0 Å². The van der Waals surface area contributed by atoms with Crippen LogP contribution in [-0.2, 0) is 26.7 Å². The Bertz CT molecular complexity index is 903. The lowest BCUT2D eigenvalue weighted by Crippen LogP contribution is -2.22. The van der Waals surface area contributed by atoms with Crippen molar-refractivity contribution in [3.63, 3.8) is 0 Å². The number of hydrogen-bond donors (Lipinski definition) is 1. The van der Waals surface area contributed by atoms with Crippen LogP contribution in [0.5, 0.6) is 0 Å². The minimum absolute atomic E-state index is 0.674. The molecule has 6 nitrogen and oxygen atoms in total. The highest BCUT2D eigenvalue weighted by atomic mass is 35.5. The van der Waals surface area contributed by atoms with Crippen LogP contribution in [0.25, 0.3) is 0 Å². The second-order valence-corrected chi connectivity index (χ2v) is 7.20. The number of aliphatic hydroxyl groups is 1. The van der Waals surface area contributed by atoms with Crippen molar-refractivity contribution in [3.8, 4) is 0 Å². The summed E-state index contributed by atoms with van der Waals surface area (Å²) in [5.74, 6) is 0. The first kappa shape index (κ1) is 17.3. The molecule has 3 aromatic rings. The van der Waals surface area contributed by atoms with Crippen LogP contribution >= 0.6 is 11.6 Å². The fraction of sp³-hybridized carbons (Fsp3) is 0.368. The van der Waals surface area contributed by atoms with Crippen molar-refractivity contribution >= 4 is 11.6 Å². The number of aromatic nitrogens is 4. The van der Waals surface area contributed by atoms with Gasteiger partial charge in [0.15, 0.2) is 0 Å². The highest BCUT2D eigenvalue weighted by Gasteiger charge is 2.22. The Kier molecular flexibility index (Phi) is 4.80. The van der Waals surface area contributed by atoms with Gasteiger partial charge in [-0.3, -0.25) is 14.3 Å². The lowest BCUT2D eigenvalue weighted by molar-refractivity contribution is 0.203. The van der Waals surface area contributed by atoms with Gasteiger partial charge in [-0.15, -0.1) is 0 Å². The summed E-state index contributed by atoms with van der Waals surface area (Å²) < 4.78 is 3.70. The molecule has 0 saturated heterocycles. The van der Waals surface area contributed by atoms with Crippen molar-refractivity contribution in [2.24, 2.45) is 7.05 Å². The lowest BCUT2D eigenvalue weighted by Gasteiger charge is -2.19. The summed E-state index contributed by atoms with van der Waals surface area (Å²) in [6.45, 7) is 3.53. The van der Waals surface area contributed by atoms with Crippen molar-refractivity contribution < 1.29 is 5.11 Å². The zero-order chi connectivity index (χ0) is 18.1. The molecule has 2 aromatic heterocycles. The average molecular weight is 372 g/mol. The molecule has 0 amide bonds. The topological polar surface area (TPSA) is 59.1 Å². The molecule has 1 N–H and O–H groups in total. The molecule has 0 radical (unpaired) electrons. The van der Waals surface area contributed by atoms with Crippen LogP contribution < -0.4 is 0 Å². The molecule has 136 valence electrons. The molecule has 0 aliphatic carbocycles. The van der Waals surface area contributed by atoms with E-state index < -0.39 is 6.10 Å². The first-order chi connectivity index (χ1) is 12.6. The zero-order valence-corrected chi connectivity index (χ0v) is 15.5. The van der Waals surface area contributed by atoms with E-state index in [0.717, 1.165) is 49.0 Å². The van der Waals surface area contributed by atoms with Crippen LogP contribution in [0.1, 0.15) is 35.2 Å². The van der Waals surface area contributed by atoms with Crippen LogP contribution in [0.2, 0.25) is 5.02 Å². The van der Waals surface area contributed by atoms with Gasteiger partial charge in [0.1, 0.15) is 6.10 Å². The predicted molar refractivity (Wildman–Crippen MR) is 99.7 cm³/mol. The monoisotopic (exact) mass is 371 g/mol. The normalized spacial score (nSPS) is 16.3. The summed E-state index contributed by atoms with van der Waals surface area (Å²) in [7, 11) is 1.83. The van der Waals surface area contributed by atoms with E-state index in [9.17, 15) is 5.11 Å². The molecule has 4 rings (SSSR count). The maximum absolute atomic E-state index is 10.6. The van der Waals surface area contributed by atoms with Gasteiger partial charge < -0.3 is 5.11 Å². The van der Waals surface area contributed by atoms with Crippen molar-refractivity contribution in [1.29, 1.82) is 0 Å². The standard InChI is InChI=1S/C19H22ClN5O/c1-23-18(6-7-21-23)19(26)17-11-16-13-24(8-3-9-25(16)22-17)12-14-4-2-5-15(20)10-14/h2,4-7,10-11,19,26H,3,8-9,12-13H2,1H3/t19-/m1/s1. The van der Waals surface area contributed by atoms with Gasteiger partial charge in [-0.25, -0.2) is 0 Å². The van der Waals surface area contributed by atoms with E-state index in [-0.39, 0.29) is 0 Å². The summed E-state index contributed by atoms with van der Waals surface area (Å²) in [6, 6.07) is 11.8. The van der Waals surface area contributed by atoms with Gasteiger partial charge in [-0.2, -0.15) is 10.2 Å². The molecule has 1 atom stereocenters. The van der Waals surface area contributed by atoms with Gasteiger partial charge in [0.2, 0.25) is 0 Å². The summed E-state index contributed by atoms with van der Waals surface area (Å²) in [5, 5.41) is 20.2. The number of hydrogen-bond acceptors (Lipinski definition) is 4. The van der Waals surface area contributed by atoms with Crippen LogP contribution in [0.3, 0.4) is 0 Å². The largest absolute Gasteiger partial charge is 0.380 e. The van der Waals surface area contributed by atoms with Crippen LogP contribution in [0.15, 0.2) is 42.6 Å². The molecule has 0 saturated carbocycles. The van der Waals surface area contributed by atoms with Crippen molar-refractivity contribution in [1.82, 2.24) is 24.5 Å². The summed E-state index contributed by atoms with van der Waals surface area (Å²) in [4.78, 5) is 2.40. The SMILES string of the molecule is Cn1nccc1[C@H](O)c1cc2n(n1)CCCN(Cc1cccc(Cl)c1)C2. The van der Waals surface area contributed by atoms with Gasteiger partial charge in [-0.1, -0.05) is 23.7 Å². The molecule has 26 heavy (non-hydrogen) atoms. The van der Waals surface area contributed by atoms with E-state index in [4.69, 9.17) is 11.6 Å². The third-order valence-corrected chi connectivity index (χ3v) is 5.06. The number of halogens is 1. The van der Waals surface area contributed by atoms with Crippen LogP contribution in [0.4, 0.5) is 0 Å². The predicted octanol–water partition coefficient (Wildman–Crippen LogP) is 2.76. The first-order valence-electron chi connectivity index (χ1n) is 8.79. The second-order valence-electron chi connectivity index (χ2n) is 6.76. The van der Waals surface area contributed by atoms with Crippen LogP contribution in [0, 0.1) is 0 Å². The van der Waals surface area contributed by atoms with Gasteiger partial charge in [0.05, 0.1) is 17.1 Å². The van der Waals surface area contributed by atoms with E-state index in [0.29, 0.717) is 5.69 Å². The molecule has 7 heteroatoms. The highest BCUT2D eigenvalue weighted by molar-refractivity contribution is 6.30. The van der Waals surface area contributed by atoms with E-state index in [1.54, 1.807) is 10.9 Å². The molecule has 1 aliphatic heterocycles. The molecular formula is C19H22ClN5O. The number of aliphatic hydroxyl groups excluding tert-OH is 1. The molecular weight excluding hydrogens is 350 g/mol. The number of benzene rings is 1. The fourth-order valence-corrected chi connectivity index (χ4v) is 3.73. The van der Waals surface area contributed by atoms with E-state index in [1.807, 2.05) is 42.1 Å². The summed E-state index contributed by atoms with van der Waals surface area (Å²) in [6.07, 6.45) is 1.95. The van der Waals surface area contributed by atoms with Gasteiger partial charge in [0.25, 0.3) is 0 Å². The Labute approximate surface area is 157 Å². The van der Waals surface area contributed by atoms with Crippen LogP contribution in [-0.4, -0.2) is 36.1 Å². The smallest absolute Gasteiger partial charge is 0.139 e. The van der Waals surface area contributed by atoms with Gasteiger partial charge in [-0.05, 0) is 36.2 Å². The minimum atomic E-state index is -0.761. The van der Waals surface area contributed by atoms with Crippen molar-refractivity contribution in [3.05, 3.63) is 70.3 Å². The molecule has 1 aliphatic rings. The van der Waals surface area contributed by atoms with E-state index in [2.05, 4.69) is 21.2 Å². The Hall–Kier alpha value is -2.15. The summed E-state index contributed by atoms with van der Waals surface area (Å²) >= 11 is 6.11. The maximum Gasteiger partial charge on any atom is 0.139 e. The van der Waals surface area contributed by atoms with Crippen molar-refractivity contribution in [2.45, 2.75) is 32.2 Å². The Morgan fingerprint density at radius 1 is 1.23 bits per heavy atom. The van der Waals surface area contributed by atoms with Crippen molar-refractivity contribution in [2.75, 3.05) is 6.54 Å². The van der Waals surface area contributed by atoms with Gasteiger partial charge in [0, 0.05) is 44.4 Å². The Balaban J connectivity index is 1.53. The zero-order valence-electron chi connectivity index (χ0n) is 14.7. The molecule has 0 bridgehead atoms. The second kappa shape index (κ2) is 7.23. The summed E-state index contributed by atoms with van der Waals surface area (Å²) in [5.41, 5.74) is 3.75. The quantitative estimate of drug-likeness (QED) is 0.766. The maximum atomic E-state index is 10.6. The molecule has 3 heterocycles. The Morgan fingerprint density at radius 3 is 2.88 bits per heavy atom. The highest BCUT2D eigenvalue weighted by Crippen LogP contribution is 2.24. The average Bonchev–Trinajstić information content (AvgIpc) is 3.16. The first-order valence-corrected chi connectivity index (χ1v) is 9.17. The molecule has 1 aromatic carbocycles. The number of fused-ring (bicyclic) bond motifs is 1. The third kappa shape index (κ3) is 3.53. The number of aryl methyl sites for hydroxylation is 2.